The van der Waals surface area contributed by atoms with Gasteiger partial charge >= 0.3 is 0 Å². The first kappa shape index (κ1) is 10.0. The standard InChI is InChI=1S/C10H12BrN5/c11-8-7-13-16-4-1-9(14-10(8)16)15-5-2-12-3-6-15/h1,4,7,12H,2-3,5-6H2. The molecule has 0 aromatic carbocycles. The molecule has 0 radical (unpaired) electrons. The summed E-state index contributed by atoms with van der Waals surface area (Å²) in [5.41, 5.74) is 0.871. The number of aromatic nitrogens is 3. The monoisotopic (exact) mass is 281 g/mol. The number of hydrogen-bond donors (Lipinski definition) is 1. The maximum absolute atomic E-state index is 4.61. The quantitative estimate of drug-likeness (QED) is 0.844. The molecular formula is C10H12BrN5. The molecule has 1 N–H and O–H groups in total. The summed E-state index contributed by atoms with van der Waals surface area (Å²) in [4.78, 5) is 6.90. The third-order valence-corrected chi connectivity index (χ3v) is 3.31. The molecule has 0 atom stereocenters. The zero-order valence-electron chi connectivity index (χ0n) is 8.73. The lowest BCUT2D eigenvalue weighted by Gasteiger charge is -2.28. The fraction of sp³-hybridized carbons (Fsp3) is 0.400. The fourth-order valence-corrected chi connectivity index (χ4v) is 2.26. The van der Waals surface area contributed by atoms with E-state index in [2.05, 4.69) is 36.2 Å². The molecule has 84 valence electrons. The molecule has 1 saturated heterocycles. The van der Waals surface area contributed by atoms with Gasteiger partial charge in [-0.25, -0.2) is 9.50 Å². The van der Waals surface area contributed by atoms with E-state index in [1.807, 2.05) is 12.3 Å². The Kier molecular flexibility index (Phi) is 2.53. The fourth-order valence-electron chi connectivity index (χ4n) is 1.90. The van der Waals surface area contributed by atoms with Gasteiger partial charge in [0, 0.05) is 32.4 Å². The van der Waals surface area contributed by atoms with E-state index in [4.69, 9.17) is 0 Å². The predicted molar refractivity (Wildman–Crippen MR) is 65.8 cm³/mol. The molecule has 0 amide bonds. The Morgan fingerprint density at radius 3 is 2.94 bits per heavy atom. The molecule has 0 spiro atoms. The van der Waals surface area contributed by atoms with Crippen LogP contribution in [0.5, 0.6) is 0 Å². The minimum atomic E-state index is 0.871. The minimum absolute atomic E-state index is 0.871. The van der Waals surface area contributed by atoms with Crippen molar-refractivity contribution in [3.63, 3.8) is 0 Å². The molecule has 0 unspecified atom stereocenters. The van der Waals surface area contributed by atoms with E-state index in [1.165, 1.54) is 0 Å². The Morgan fingerprint density at radius 2 is 2.12 bits per heavy atom. The molecule has 5 nitrogen and oxygen atoms in total. The van der Waals surface area contributed by atoms with Crippen LogP contribution in [0.15, 0.2) is 22.9 Å². The van der Waals surface area contributed by atoms with Crippen LogP contribution in [0.2, 0.25) is 0 Å². The maximum atomic E-state index is 4.61. The SMILES string of the molecule is Brc1cnn2ccc(N3CCNCC3)nc12. The zero-order valence-corrected chi connectivity index (χ0v) is 10.3. The van der Waals surface area contributed by atoms with Crippen molar-refractivity contribution in [2.75, 3.05) is 31.1 Å². The summed E-state index contributed by atoms with van der Waals surface area (Å²) in [7, 11) is 0. The van der Waals surface area contributed by atoms with Gasteiger partial charge in [0.25, 0.3) is 0 Å². The summed E-state index contributed by atoms with van der Waals surface area (Å²) < 4.78 is 2.71. The number of hydrogen-bond acceptors (Lipinski definition) is 4. The van der Waals surface area contributed by atoms with Crippen molar-refractivity contribution in [3.8, 4) is 0 Å². The van der Waals surface area contributed by atoms with E-state index in [-0.39, 0.29) is 0 Å². The third-order valence-electron chi connectivity index (χ3n) is 2.75. The molecular weight excluding hydrogens is 270 g/mol. The number of rotatable bonds is 1. The number of halogens is 1. The molecule has 1 fully saturated rings. The number of anilines is 1. The summed E-state index contributed by atoms with van der Waals surface area (Å²) in [5, 5.41) is 7.51. The first-order chi connectivity index (χ1) is 7.84. The van der Waals surface area contributed by atoms with Crippen LogP contribution in [-0.4, -0.2) is 40.8 Å². The molecule has 16 heavy (non-hydrogen) atoms. The summed E-state index contributed by atoms with van der Waals surface area (Å²) in [6.07, 6.45) is 3.72. The molecule has 3 rings (SSSR count). The highest BCUT2D eigenvalue weighted by molar-refractivity contribution is 9.10. The van der Waals surface area contributed by atoms with Gasteiger partial charge in [-0.05, 0) is 22.0 Å². The van der Waals surface area contributed by atoms with Gasteiger partial charge in [-0.2, -0.15) is 5.10 Å². The Bertz CT molecular complexity index is 503. The van der Waals surface area contributed by atoms with Crippen molar-refractivity contribution in [1.82, 2.24) is 19.9 Å². The zero-order chi connectivity index (χ0) is 11.0. The van der Waals surface area contributed by atoms with Crippen molar-refractivity contribution in [1.29, 1.82) is 0 Å². The van der Waals surface area contributed by atoms with Gasteiger partial charge in [0.15, 0.2) is 5.65 Å². The maximum Gasteiger partial charge on any atom is 0.171 e. The lowest BCUT2D eigenvalue weighted by molar-refractivity contribution is 0.585. The van der Waals surface area contributed by atoms with E-state index < -0.39 is 0 Å². The lowest BCUT2D eigenvalue weighted by atomic mass is 10.3. The summed E-state index contributed by atoms with van der Waals surface area (Å²) in [6.45, 7) is 4.06. The van der Waals surface area contributed by atoms with Crippen LogP contribution in [0.1, 0.15) is 0 Å². The summed E-state index contributed by atoms with van der Waals surface area (Å²) in [5.74, 6) is 1.02. The van der Waals surface area contributed by atoms with Crippen molar-refractivity contribution in [2.24, 2.45) is 0 Å². The lowest BCUT2D eigenvalue weighted by Crippen LogP contribution is -2.43. The summed E-state index contributed by atoms with van der Waals surface area (Å²) in [6, 6.07) is 2.01. The molecule has 6 heteroatoms. The second kappa shape index (κ2) is 4.03. The second-order valence-corrected chi connectivity index (χ2v) is 4.64. The van der Waals surface area contributed by atoms with Gasteiger partial charge in [0.05, 0.1) is 10.7 Å². The average Bonchev–Trinajstić information content (AvgIpc) is 2.72. The highest BCUT2D eigenvalue weighted by atomic mass is 79.9. The average molecular weight is 282 g/mol. The van der Waals surface area contributed by atoms with Crippen molar-refractivity contribution < 1.29 is 0 Å². The minimum Gasteiger partial charge on any atom is -0.354 e. The van der Waals surface area contributed by atoms with Crippen molar-refractivity contribution in [3.05, 3.63) is 22.9 Å². The highest BCUT2D eigenvalue weighted by Gasteiger charge is 2.12. The Balaban J connectivity index is 1.99. The van der Waals surface area contributed by atoms with Crippen LogP contribution in [0, 0.1) is 0 Å². The van der Waals surface area contributed by atoms with Gasteiger partial charge in [0.2, 0.25) is 0 Å². The molecule has 2 aromatic rings. The molecule has 3 heterocycles. The smallest absolute Gasteiger partial charge is 0.171 e. The van der Waals surface area contributed by atoms with Crippen LogP contribution < -0.4 is 10.2 Å². The Hall–Kier alpha value is -1.14. The third kappa shape index (κ3) is 1.68. The van der Waals surface area contributed by atoms with Gasteiger partial charge in [-0.15, -0.1) is 0 Å². The van der Waals surface area contributed by atoms with Gasteiger partial charge in [-0.3, -0.25) is 0 Å². The highest BCUT2D eigenvalue weighted by Crippen LogP contribution is 2.19. The van der Waals surface area contributed by atoms with Gasteiger partial charge < -0.3 is 10.2 Å². The molecule has 0 aliphatic carbocycles. The number of nitrogens with one attached hydrogen (secondary N) is 1. The number of fused-ring (bicyclic) bond motifs is 1. The molecule has 0 bridgehead atoms. The largest absolute Gasteiger partial charge is 0.354 e. The van der Waals surface area contributed by atoms with Crippen LogP contribution >= 0.6 is 15.9 Å². The van der Waals surface area contributed by atoms with Gasteiger partial charge in [-0.1, -0.05) is 0 Å². The molecule has 1 aliphatic heterocycles. The van der Waals surface area contributed by atoms with Crippen molar-refractivity contribution in [2.45, 2.75) is 0 Å². The normalized spacial score (nSPS) is 16.9. The van der Waals surface area contributed by atoms with E-state index in [0.717, 1.165) is 42.1 Å². The first-order valence-corrected chi connectivity index (χ1v) is 6.09. The Labute approximate surface area is 102 Å². The first-order valence-electron chi connectivity index (χ1n) is 5.30. The predicted octanol–water partition coefficient (Wildman–Crippen LogP) is 0.901. The molecule has 0 saturated carbocycles. The Morgan fingerprint density at radius 1 is 1.31 bits per heavy atom. The van der Waals surface area contributed by atoms with E-state index in [9.17, 15) is 0 Å². The molecule has 2 aromatic heterocycles. The van der Waals surface area contributed by atoms with Crippen molar-refractivity contribution >= 4 is 27.4 Å². The molecule has 1 aliphatic rings. The van der Waals surface area contributed by atoms with Crippen LogP contribution in [0.3, 0.4) is 0 Å². The second-order valence-electron chi connectivity index (χ2n) is 3.78. The summed E-state index contributed by atoms with van der Waals surface area (Å²) >= 11 is 3.45. The van der Waals surface area contributed by atoms with Crippen LogP contribution in [0.4, 0.5) is 5.82 Å². The number of piperazine rings is 1. The number of nitrogens with zero attached hydrogens (tertiary/aromatic N) is 4. The van der Waals surface area contributed by atoms with E-state index in [1.54, 1.807) is 10.7 Å². The van der Waals surface area contributed by atoms with E-state index in [0.29, 0.717) is 0 Å². The van der Waals surface area contributed by atoms with Crippen LogP contribution in [0.25, 0.3) is 5.65 Å². The van der Waals surface area contributed by atoms with Gasteiger partial charge in [0.1, 0.15) is 5.82 Å². The topological polar surface area (TPSA) is 45.5 Å². The van der Waals surface area contributed by atoms with E-state index >= 15 is 0 Å². The van der Waals surface area contributed by atoms with Crippen LogP contribution in [-0.2, 0) is 0 Å².